The van der Waals surface area contributed by atoms with Crippen molar-refractivity contribution in [2.45, 2.75) is 6.92 Å². The summed E-state index contributed by atoms with van der Waals surface area (Å²) in [5.41, 5.74) is 1.34. The highest BCUT2D eigenvalue weighted by atomic mass is 16.4. The van der Waals surface area contributed by atoms with Gasteiger partial charge in [0.1, 0.15) is 5.82 Å². The second kappa shape index (κ2) is 5.12. The van der Waals surface area contributed by atoms with Gasteiger partial charge in [-0.1, -0.05) is 6.07 Å². The van der Waals surface area contributed by atoms with Gasteiger partial charge in [-0.05, 0) is 25.1 Å². The van der Waals surface area contributed by atoms with E-state index in [0.29, 0.717) is 17.3 Å². The van der Waals surface area contributed by atoms with Gasteiger partial charge in [-0.2, -0.15) is 5.10 Å². The van der Waals surface area contributed by atoms with Crippen LogP contribution in [0, 0.1) is 6.92 Å². The maximum absolute atomic E-state index is 10.9. The summed E-state index contributed by atoms with van der Waals surface area (Å²) in [5, 5.41) is 12.9. The molecule has 0 spiro atoms. The van der Waals surface area contributed by atoms with Gasteiger partial charge < -0.3 is 5.11 Å². The number of carboxylic acids is 1. The molecule has 0 saturated carbocycles. The lowest BCUT2D eigenvalue weighted by molar-refractivity contribution is 0.0690. The molecule has 0 aliphatic carbocycles. The maximum atomic E-state index is 10.9. The SMILES string of the molecule is Cc1nc(-c2ccccn2)cc(-n2ccc(C(=O)O)n2)n1. The Balaban J connectivity index is 2.07. The quantitative estimate of drug-likeness (QED) is 0.785. The Morgan fingerprint density at radius 2 is 2.05 bits per heavy atom. The van der Waals surface area contributed by atoms with Gasteiger partial charge in [-0.3, -0.25) is 4.98 Å². The van der Waals surface area contributed by atoms with Crippen LogP contribution in [0.25, 0.3) is 17.2 Å². The summed E-state index contributed by atoms with van der Waals surface area (Å²) in [7, 11) is 0. The summed E-state index contributed by atoms with van der Waals surface area (Å²) in [5.74, 6) is -0.0272. The van der Waals surface area contributed by atoms with Crippen LogP contribution in [0.2, 0.25) is 0 Å². The molecule has 3 aromatic heterocycles. The fourth-order valence-corrected chi connectivity index (χ4v) is 1.88. The lowest BCUT2D eigenvalue weighted by Gasteiger charge is -2.05. The molecule has 0 saturated heterocycles. The van der Waals surface area contributed by atoms with Gasteiger partial charge >= 0.3 is 5.97 Å². The first-order valence-electron chi connectivity index (χ1n) is 6.20. The highest BCUT2D eigenvalue weighted by Crippen LogP contribution is 2.16. The number of carbonyl (C=O) groups is 1. The van der Waals surface area contributed by atoms with Crippen molar-refractivity contribution in [1.82, 2.24) is 24.7 Å². The first-order chi connectivity index (χ1) is 10.1. The number of nitrogens with zero attached hydrogens (tertiary/aromatic N) is 5. The van der Waals surface area contributed by atoms with Crippen LogP contribution in [-0.2, 0) is 0 Å². The molecule has 21 heavy (non-hydrogen) atoms. The van der Waals surface area contributed by atoms with Crippen LogP contribution in [0.1, 0.15) is 16.3 Å². The molecule has 0 bridgehead atoms. The van der Waals surface area contributed by atoms with Gasteiger partial charge in [-0.25, -0.2) is 19.4 Å². The highest BCUT2D eigenvalue weighted by Gasteiger charge is 2.11. The Morgan fingerprint density at radius 3 is 2.71 bits per heavy atom. The predicted octanol–water partition coefficient (Wildman–Crippen LogP) is 1.73. The predicted molar refractivity (Wildman–Crippen MR) is 74.1 cm³/mol. The van der Waals surface area contributed by atoms with Gasteiger partial charge in [0.15, 0.2) is 11.5 Å². The van der Waals surface area contributed by atoms with E-state index in [1.807, 2.05) is 18.2 Å². The molecule has 0 aromatic carbocycles. The first-order valence-corrected chi connectivity index (χ1v) is 6.20. The lowest BCUT2D eigenvalue weighted by Crippen LogP contribution is -2.05. The van der Waals surface area contributed by atoms with Crippen LogP contribution in [0.4, 0.5) is 0 Å². The second-order valence-electron chi connectivity index (χ2n) is 4.32. The van der Waals surface area contributed by atoms with Crippen LogP contribution in [-0.4, -0.2) is 35.8 Å². The monoisotopic (exact) mass is 281 g/mol. The van der Waals surface area contributed by atoms with E-state index >= 15 is 0 Å². The van der Waals surface area contributed by atoms with Crippen molar-refractivity contribution in [3.05, 3.63) is 54.2 Å². The normalized spacial score (nSPS) is 10.5. The van der Waals surface area contributed by atoms with E-state index < -0.39 is 5.97 Å². The molecule has 3 aromatic rings. The van der Waals surface area contributed by atoms with E-state index in [0.717, 1.165) is 5.69 Å². The highest BCUT2D eigenvalue weighted by molar-refractivity contribution is 5.85. The summed E-state index contributed by atoms with van der Waals surface area (Å²) in [6.45, 7) is 1.76. The molecule has 0 aliphatic heterocycles. The summed E-state index contributed by atoms with van der Waals surface area (Å²) in [4.78, 5) is 23.7. The number of hydrogen-bond donors (Lipinski definition) is 1. The van der Waals surface area contributed by atoms with Gasteiger partial charge in [0.2, 0.25) is 0 Å². The lowest BCUT2D eigenvalue weighted by atomic mass is 10.2. The standard InChI is InChI=1S/C14H11N5O2/c1-9-16-12(10-4-2-3-6-15-10)8-13(17-9)19-7-5-11(18-19)14(20)21/h2-8H,1H3,(H,20,21). The topological polar surface area (TPSA) is 93.8 Å². The molecular formula is C14H11N5O2. The minimum absolute atomic E-state index is 0.0364. The largest absolute Gasteiger partial charge is 0.476 e. The molecule has 7 heteroatoms. The molecule has 0 atom stereocenters. The Hall–Kier alpha value is -3.09. The zero-order valence-corrected chi connectivity index (χ0v) is 11.1. The van der Waals surface area contributed by atoms with Crippen molar-refractivity contribution in [1.29, 1.82) is 0 Å². The fourth-order valence-electron chi connectivity index (χ4n) is 1.88. The fraction of sp³-hybridized carbons (Fsp3) is 0.0714. The minimum atomic E-state index is -1.08. The number of carboxylic acid groups (broad SMARTS) is 1. The molecule has 0 radical (unpaired) electrons. The first kappa shape index (κ1) is 12.9. The average molecular weight is 281 g/mol. The van der Waals surface area contributed by atoms with Gasteiger partial charge in [0.05, 0.1) is 11.4 Å². The molecule has 0 aliphatic rings. The van der Waals surface area contributed by atoms with Crippen LogP contribution in [0.15, 0.2) is 42.7 Å². The van der Waals surface area contributed by atoms with Crippen molar-refractivity contribution in [3.8, 4) is 17.2 Å². The number of aromatic nitrogens is 5. The molecule has 7 nitrogen and oxygen atoms in total. The minimum Gasteiger partial charge on any atom is -0.476 e. The summed E-state index contributed by atoms with van der Waals surface area (Å²) < 4.78 is 1.41. The Morgan fingerprint density at radius 1 is 1.19 bits per heavy atom. The molecule has 3 heterocycles. The number of pyridine rings is 1. The van der Waals surface area contributed by atoms with E-state index in [4.69, 9.17) is 5.11 Å². The van der Waals surface area contributed by atoms with Crippen molar-refractivity contribution in [3.63, 3.8) is 0 Å². The van der Waals surface area contributed by atoms with E-state index in [1.54, 1.807) is 25.4 Å². The number of rotatable bonds is 3. The van der Waals surface area contributed by atoms with Gasteiger partial charge in [0.25, 0.3) is 0 Å². The molecule has 0 unspecified atom stereocenters. The average Bonchev–Trinajstić information content (AvgIpc) is 2.98. The molecular weight excluding hydrogens is 270 g/mol. The molecule has 0 amide bonds. The summed E-state index contributed by atoms with van der Waals surface area (Å²) >= 11 is 0. The van der Waals surface area contributed by atoms with Crippen molar-refractivity contribution < 1.29 is 9.90 Å². The Bertz CT molecular complexity index is 798. The third kappa shape index (κ3) is 2.62. The number of aromatic carboxylic acids is 1. The smallest absolute Gasteiger partial charge is 0.356 e. The summed E-state index contributed by atoms with van der Waals surface area (Å²) in [6, 6.07) is 8.67. The summed E-state index contributed by atoms with van der Waals surface area (Å²) in [6.07, 6.45) is 3.23. The molecule has 0 fully saturated rings. The van der Waals surface area contributed by atoms with E-state index in [9.17, 15) is 4.79 Å². The Kier molecular flexibility index (Phi) is 3.15. The van der Waals surface area contributed by atoms with Gasteiger partial charge in [-0.15, -0.1) is 0 Å². The van der Waals surface area contributed by atoms with Crippen molar-refractivity contribution in [2.75, 3.05) is 0 Å². The van der Waals surface area contributed by atoms with Crippen molar-refractivity contribution >= 4 is 5.97 Å². The number of hydrogen-bond acceptors (Lipinski definition) is 5. The van der Waals surface area contributed by atoms with Crippen LogP contribution in [0.3, 0.4) is 0 Å². The van der Waals surface area contributed by atoms with Gasteiger partial charge in [0, 0.05) is 18.5 Å². The van der Waals surface area contributed by atoms with E-state index in [2.05, 4.69) is 20.1 Å². The van der Waals surface area contributed by atoms with Crippen molar-refractivity contribution in [2.24, 2.45) is 0 Å². The zero-order chi connectivity index (χ0) is 14.8. The third-order valence-corrected chi connectivity index (χ3v) is 2.79. The van der Waals surface area contributed by atoms with E-state index in [-0.39, 0.29) is 5.69 Å². The number of aryl methyl sites for hydroxylation is 1. The molecule has 104 valence electrons. The van der Waals surface area contributed by atoms with Crippen LogP contribution >= 0.6 is 0 Å². The van der Waals surface area contributed by atoms with Crippen LogP contribution < -0.4 is 0 Å². The van der Waals surface area contributed by atoms with E-state index in [1.165, 1.54) is 10.7 Å². The Labute approximate surface area is 119 Å². The molecule has 1 N–H and O–H groups in total. The molecule has 3 rings (SSSR count). The third-order valence-electron chi connectivity index (χ3n) is 2.79. The zero-order valence-electron chi connectivity index (χ0n) is 11.1. The van der Waals surface area contributed by atoms with Crippen LogP contribution in [0.5, 0.6) is 0 Å². The second-order valence-corrected chi connectivity index (χ2v) is 4.32. The maximum Gasteiger partial charge on any atom is 0.356 e.